The number of halogens is 1. The molecule has 0 aliphatic carbocycles. The maximum Gasteiger partial charge on any atom is 0.243 e. The maximum atomic E-state index is 13.0. The van der Waals surface area contributed by atoms with Crippen LogP contribution in [0.5, 0.6) is 0 Å². The first-order valence-electron chi connectivity index (χ1n) is 10.0. The van der Waals surface area contributed by atoms with Crippen LogP contribution in [0.4, 0.5) is 10.2 Å². The Hall–Kier alpha value is -2.88. The molecule has 0 unspecified atom stereocenters. The molecule has 1 N–H and O–H groups in total. The fourth-order valence-corrected chi connectivity index (χ4v) is 4.77. The summed E-state index contributed by atoms with van der Waals surface area (Å²) in [7, 11) is -1.47. The molecular weight excluding hydrogens is 417 g/mol. The summed E-state index contributed by atoms with van der Waals surface area (Å²) in [4.78, 5) is 2.43. The zero-order valence-corrected chi connectivity index (χ0v) is 18.0. The molecule has 162 valence electrons. The number of anilines is 1. The Labute approximate surface area is 181 Å². The number of piperazine rings is 1. The van der Waals surface area contributed by atoms with Crippen molar-refractivity contribution in [3.63, 3.8) is 0 Å². The Morgan fingerprint density at radius 3 is 2.19 bits per heavy atom. The normalized spacial score (nSPS) is 15.7. The molecule has 9 heteroatoms. The van der Waals surface area contributed by atoms with Crippen molar-refractivity contribution in [1.29, 1.82) is 0 Å². The van der Waals surface area contributed by atoms with Gasteiger partial charge < -0.3 is 10.2 Å². The molecule has 1 aliphatic rings. The molecule has 0 saturated carbocycles. The van der Waals surface area contributed by atoms with Crippen molar-refractivity contribution in [2.75, 3.05) is 38.5 Å². The number of hydrogen-bond acceptors (Lipinski definition) is 6. The number of likely N-dealkylation sites (N-methyl/N-ethyl adjacent to an activating group) is 1. The lowest BCUT2D eigenvalue weighted by atomic mass is 10.1. The molecule has 2 aromatic carbocycles. The maximum absolute atomic E-state index is 13.0. The molecule has 31 heavy (non-hydrogen) atoms. The van der Waals surface area contributed by atoms with Gasteiger partial charge >= 0.3 is 0 Å². The quantitative estimate of drug-likeness (QED) is 0.634. The molecule has 1 aliphatic heterocycles. The topological polar surface area (TPSA) is 78.4 Å². The van der Waals surface area contributed by atoms with Crippen molar-refractivity contribution in [1.82, 2.24) is 19.4 Å². The van der Waals surface area contributed by atoms with Gasteiger partial charge in [-0.1, -0.05) is 12.1 Å². The molecule has 0 radical (unpaired) electrons. The van der Waals surface area contributed by atoms with E-state index in [-0.39, 0.29) is 5.82 Å². The number of rotatable bonds is 6. The highest BCUT2D eigenvalue weighted by Crippen LogP contribution is 2.20. The van der Waals surface area contributed by atoms with Crippen molar-refractivity contribution in [3.8, 4) is 11.3 Å². The molecule has 0 bridgehead atoms. The Morgan fingerprint density at radius 2 is 1.58 bits per heavy atom. The molecule has 1 fully saturated rings. The Kier molecular flexibility index (Phi) is 6.26. The number of nitrogens with zero attached hydrogens (tertiary/aromatic N) is 4. The highest BCUT2D eigenvalue weighted by molar-refractivity contribution is 7.89. The summed E-state index contributed by atoms with van der Waals surface area (Å²) in [5.74, 6) is 0.303. The molecule has 1 aromatic heterocycles. The average molecular weight is 442 g/mol. The summed E-state index contributed by atoms with van der Waals surface area (Å²) in [6.45, 7) is 2.98. The van der Waals surface area contributed by atoms with E-state index in [2.05, 4.69) is 20.4 Å². The first-order valence-corrected chi connectivity index (χ1v) is 11.5. The van der Waals surface area contributed by atoms with Gasteiger partial charge in [-0.25, -0.2) is 12.8 Å². The highest BCUT2D eigenvalue weighted by atomic mass is 32.2. The predicted molar refractivity (Wildman–Crippen MR) is 117 cm³/mol. The number of aromatic nitrogens is 2. The predicted octanol–water partition coefficient (Wildman–Crippen LogP) is 2.83. The minimum atomic E-state index is -3.46. The zero-order valence-electron chi connectivity index (χ0n) is 17.2. The second-order valence-electron chi connectivity index (χ2n) is 7.52. The molecular formula is C22H24FN5O2S. The molecule has 0 amide bonds. The van der Waals surface area contributed by atoms with E-state index in [0.717, 1.165) is 24.2 Å². The van der Waals surface area contributed by atoms with Crippen LogP contribution < -0.4 is 5.32 Å². The molecule has 2 heterocycles. The Bertz CT molecular complexity index is 1110. The number of sulfonamides is 1. The smallest absolute Gasteiger partial charge is 0.243 e. The monoisotopic (exact) mass is 441 g/mol. The summed E-state index contributed by atoms with van der Waals surface area (Å²) in [6, 6.07) is 16.6. The molecule has 0 atom stereocenters. The van der Waals surface area contributed by atoms with Crippen LogP contribution in [0.2, 0.25) is 0 Å². The average Bonchev–Trinajstić information content (AvgIpc) is 2.79. The standard InChI is InChI=1S/C22H24FN5O2S/c1-27-12-14-28(15-13-27)31(29,30)20-8-2-17(3-9-20)16-24-22-11-10-21(25-26-22)18-4-6-19(23)7-5-18/h2-11H,12-16H2,1H3,(H,24,26). The van der Waals surface area contributed by atoms with Gasteiger partial charge in [-0.15, -0.1) is 10.2 Å². The van der Waals surface area contributed by atoms with Crippen molar-refractivity contribution in [2.24, 2.45) is 0 Å². The molecule has 0 spiro atoms. The van der Waals surface area contributed by atoms with Crippen LogP contribution in [0, 0.1) is 5.82 Å². The minimum absolute atomic E-state index is 0.294. The summed E-state index contributed by atoms with van der Waals surface area (Å²) in [5, 5.41) is 11.5. The second-order valence-corrected chi connectivity index (χ2v) is 9.45. The van der Waals surface area contributed by atoms with E-state index >= 15 is 0 Å². The van der Waals surface area contributed by atoms with Crippen LogP contribution in [-0.4, -0.2) is 61.0 Å². The van der Waals surface area contributed by atoms with Gasteiger partial charge in [-0.3, -0.25) is 0 Å². The van der Waals surface area contributed by atoms with Crippen LogP contribution in [0.15, 0.2) is 65.6 Å². The van der Waals surface area contributed by atoms with Crippen LogP contribution in [0.1, 0.15) is 5.56 Å². The van der Waals surface area contributed by atoms with Gasteiger partial charge in [0.1, 0.15) is 11.6 Å². The Morgan fingerprint density at radius 1 is 0.903 bits per heavy atom. The van der Waals surface area contributed by atoms with Gasteiger partial charge in [-0.2, -0.15) is 4.31 Å². The van der Waals surface area contributed by atoms with Crippen molar-refractivity contribution in [2.45, 2.75) is 11.4 Å². The lowest BCUT2D eigenvalue weighted by Crippen LogP contribution is -2.46. The van der Waals surface area contributed by atoms with Gasteiger partial charge in [0.2, 0.25) is 10.0 Å². The first kappa shape index (κ1) is 21.4. The van der Waals surface area contributed by atoms with Crippen LogP contribution in [0.3, 0.4) is 0 Å². The second kappa shape index (κ2) is 9.09. The molecule has 7 nitrogen and oxygen atoms in total. The summed E-state index contributed by atoms with van der Waals surface area (Å²) < 4.78 is 40.2. The van der Waals surface area contributed by atoms with E-state index in [4.69, 9.17) is 0 Å². The van der Waals surface area contributed by atoms with E-state index < -0.39 is 10.0 Å². The largest absolute Gasteiger partial charge is 0.365 e. The van der Waals surface area contributed by atoms with Gasteiger partial charge in [0.25, 0.3) is 0 Å². The number of nitrogens with one attached hydrogen (secondary N) is 1. The fourth-order valence-electron chi connectivity index (χ4n) is 3.35. The lowest BCUT2D eigenvalue weighted by Gasteiger charge is -2.31. The zero-order chi connectivity index (χ0) is 21.8. The SMILES string of the molecule is CN1CCN(S(=O)(=O)c2ccc(CNc3ccc(-c4ccc(F)cc4)nn3)cc2)CC1. The van der Waals surface area contributed by atoms with Crippen molar-refractivity contribution in [3.05, 3.63) is 72.0 Å². The van der Waals surface area contributed by atoms with E-state index in [1.807, 2.05) is 13.1 Å². The van der Waals surface area contributed by atoms with Crippen LogP contribution >= 0.6 is 0 Å². The van der Waals surface area contributed by atoms with E-state index in [1.165, 1.54) is 12.1 Å². The van der Waals surface area contributed by atoms with E-state index in [9.17, 15) is 12.8 Å². The molecule has 1 saturated heterocycles. The third-order valence-corrected chi connectivity index (χ3v) is 7.21. The third-order valence-electron chi connectivity index (χ3n) is 5.30. The number of benzene rings is 2. The van der Waals surface area contributed by atoms with Gasteiger partial charge in [0.05, 0.1) is 10.6 Å². The first-order chi connectivity index (χ1) is 14.9. The summed E-state index contributed by atoms with van der Waals surface area (Å²) in [6.07, 6.45) is 0. The summed E-state index contributed by atoms with van der Waals surface area (Å²) >= 11 is 0. The lowest BCUT2D eigenvalue weighted by molar-refractivity contribution is 0.222. The fraction of sp³-hybridized carbons (Fsp3) is 0.273. The van der Waals surface area contributed by atoms with Gasteiger partial charge in [0.15, 0.2) is 0 Å². The van der Waals surface area contributed by atoms with E-state index in [0.29, 0.717) is 36.0 Å². The van der Waals surface area contributed by atoms with E-state index in [1.54, 1.807) is 46.8 Å². The van der Waals surface area contributed by atoms with Crippen molar-refractivity contribution < 1.29 is 12.8 Å². The van der Waals surface area contributed by atoms with Crippen molar-refractivity contribution >= 4 is 15.8 Å². The molecule has 3 aromatic rings. The van der Waals surface area contributed by atoms with Crippen LogP contribution in [-0.2, 0) is 16.6 Å². The van der Waals surface area contributed by atoms with Crippen LogP contribution in [0.25, 0.3) is 11.3 Å². The highest BCUT2D eigenvalue weighted by Gasteiger charge is 2.27. The minimum Gasteiger partial charge on any atom is -0.365 e. The third kappa shape index (κ3) is 5.07. The summed E-state index contributed by atoms with van der Waals surface area (Å²) in [5.41, 5.74) is 2.38. The number of hydrogen-bond donors (Lipinski definition) is 1. The molecule has 4 rings (SSSR count). The van der Waals surface area contributed by atoms with Gasteiger partial charge in [-0.05, 0) is 61.1 Å². The Balaban J connectivity index is 1.36. The van der Waals surface area contributed by atoms with Gasteiger partial charge in [0, 0.05) is 38.3 Å².